The van der Waals surface area contributed by atoms with Gasteiger partial charge in [-0.3, -0.25) is 4.79 Å². The lowest BCUT2D eigenvalue weighted by Gasteiger charge is -2.04. The lowest BCUT2D eigenvalue weighted by molar-refractivity contribution is -0.136. The minimum Gasteiger partial charge on any atom is -0.497 e. The molecule has 1 heterocycles. The van der Waals surface area contributed by atoms with Crippen molar-refractivity contribution in [1.29, 1.82) is 0 Å². The number of hydrogen-bond acceptors (Lipinski definition) is 4. The summed E-state index contributed by atoms with van der Waals surface area (Å²) >= 11 is 0. The number of carbonyl (C=O) groups is 1. The monoisotopic (exact) mass is 237 g/mol. The maximum atomic E-state index is 11.4. The second-order valence-electron chi connectivity index (χ2n) is 3.42. The van der Waals surface area contributed by atoms with Crippen molar-refractivity contribution >= 4 is 16.9 Å². The molecule has 0 aliphatic heterocycles. The van der Waals surface area contributed by atoms with Gasteiger partial charge in [-0.05, 0) is 17.7 Å². The van der Waals surface area contributed by atoms with Crippen LogP contribution in [-0.2, 0) is 11.2 Å². The molecule has 17 heavy (non-hydrogen) atoms. The molecule has 0 bridgehead atoms. The Kier molecular flexibility index (Phi) is 1.99. The molecule has 0 amide bonds. The van der Waals surface area contributed by atoms with E-state index >= 15 is 0 Å². The highest BCUT2D eigenvalue weighted by atomic mass is 16.5. The van der Waals surface area contributed by atoms with E-state index in [4.69, 9.17) is 18.4 Å². The molecular weight excluding hydrogens is 224 g/mol. The summed E-state index contributed by atoms with van der Waals surface area (Å²) in [6, 6.07) is 5.17. The molecule has 88 valence electrons. The van der Waals surface area contributed by atoms with Crippen LogP contribution in [0.2, 0.25) is 0 Å². The number of ether oxygens (including phenoxy) is 1. The van der Waals surface area contributed by atoms with E-state index in [0.717, 1.165) is 6.07 Å². The molecule has 0 radical (unpaired) electrons. The number of rotatable bonds is 3. The average molecular weight is 237 g/mol. The minimum absolute atomic E-state index is 0.00752. The summed E-state index contributed by atoms with van der Waals surface area (Å²) in [6.07, 6.45) is -0.332. The number of aliphatic carboxylic acids is 1. The Hall–Kier alpha value is -2.30. The van der Waals surface area contributed by atoms with Crippen LogP contribution in [0.15, 0.2) is 33.5 Å². The molecule has 0 saturated carbocycles. The first-order valence-electron chi connectivity index (χ1n) is 6.22. The summed E-state index contributed by atoms with van der Waals surface area (Å²) in [5.74, 6) is -1.08. The SMILES string of the molecule is [2H]C([2H])([2H])Oc1ccc2c(CC(=O)O)cc(=O)oc2c1. The lowest BCUT2D eigenvalue weighted by Crippen LogP contribution is -2.06. The van der Waals surface area contributed by atoms with Gasteiger partial charge in [0.2, 0.25) is 0 Å². The Morgan fingerprint density at radius 1 is 1.53 bits per heavy atom. The van der Waals surface area contributed by atoms with Crippen LogP contribution >= 0.6 is 0 Å². The van der Waals surface area contributed by atoms with E-state index < -0.39 is 18.6 Å². The fourth-order valence-electron chi connectivity index (χ4n) is 1.58. The summed E-state index contributed by atoms with van der Waals surface area (Å²) in [4.78, 5) is 22.1. The van der Waals surface area contributed by atoms with Gasteiger partial charge in [-0.1, -0.05) is 0 Å². The van der Waals surface area contributed by atoms with E-state index in [1.807, 2.05) is 0 Å². The third-order valence-electron chi connectivity index (χ3n) is 2.26. The summed E-state index contributed by atoms with van der Waals surface area (Å²) in [5.41, 5.74) is -0.334. The first kappa shape index (κ1) is 7.89. The van der Waals surface area contributed by atoms with Gasteiger partial charge in [0.25, 0.3) is 0 Å². The number of fused-ring (bicyclic) bond motifs is 1. The van der Waals surface area contributed by atoms with Crippen molar-refractivity contribution in [2.75, 3.05) is 7.04 Å². The second-order valence-corrected chi connectivity index (χ2v) is 3.42. The lowest BCUT2D eigenvalue weighted by atomic mass is 10.1. The van der Waals surface area contributed by atoms with Crippen molar-refractivity contribution in [2.45, 2.75) is 6.42 Å². The Morgan fingerprint density at radius 3 is 3.06 bits per heavy atom. The summed E-state index contributed by atoms with van der Waals surface area (Å²) in [5, 5.41) is 9.21. The van der Waals surface area contributed by atoms with Crippen LogP contribution in [0.5, 0.6) is 5.75 Å². The van der Waals surface area contributed by atoms with Gasteiger partial charge >= 0.3 is 11.6 Å². The Bertz CT molecular complexity index is 717. The molecule has 0 saturated heterocycles. The zero-order chi connectivity index (χ0) is 14.9. The van der Waals surface area contributed by atoms with E-state index in [2.05, 4.69) is 0 Å². The molecule has 2 aromatic rings. The van der Waals surface area contributed by atoms with E-state index in [9.17, 15) is 9.59 Å². The second kappa shape index (κ2) is 4.29. The first-order chi connectivity index (χ1) is 9.24. The van der Waals surface area contributed by atoms with E-state index in [1.165, 1.54) is 18.2 Å². The highest BCUT2D eigenvalue weighted by Crippen LogP contribution is 2.22. The molecule has 5 nitrogen and oxygen atoms in total. The topological polar surface area (TPSA) is 76.7 Å². The number of carboxylic acid groups (broad SMARTS) is 1. The van der Waals surface area contributed by atoms with Crippen molar-refractivity contribution in [1.82, 2.24) is 0 Å². The van der Waals surface area contributed by atoms with E-state index in [-0.39, 0.29) is 17.8 Å². The Morgan fingerprint density at radius 2 is 2.35 bits per heavy atom. The molecule has 0 unspecified atom stereocenters. The molecule has 5 heteroatoms. The largest absolute Gasteiger partial charge is 0.497 e. The highest BCUT2D eigenvalue weighted by Gasteiger charge is 2.09. The molecule has 0 aliphatic carbocycles. The normalized spacial score (nSPS) is 13.8. The van der Waals surface area contributed by atoms with Crippen molar-refractivity contribution < 1.29 is 23.2 Å². The van der Waals surface area contributed by atoms with Crippen LogP contribution in [0.4, 0.5) is 0 Å². The maximum Gasteiger partial charge on any atom is 0.336 e. The van der Waals surface area contributed by atoms with Crippen LogP contribution in [-0.4, -0.2) is 18.1 Å². The van der Waals surface area contributed by atoms with Gasteiger partial charge in [-0.15, -0.1) is 0 Å². The van der Waals surface area contributed by atoms with Gasteiger partial charge in [0.15, 0.2) is 0 Å². The number of hydrogen-bond donors (Lipinski definition) is 1. The van der Waals surface area contributed by atoms with Crippen molar-refractivity contribution in [2.24, 2.45) is 0 Å². The molecule has 1 aromatic heterocycles. The molecule has 0 spiro atoms. The van der Waals surface area contributed by atoms with Crippen molar-refractivity contribution in [3.05, 3.63) is 40.2 Å². The minimum atomic E-state index is -2.62. The van der Waals surface area contributed by atoms with Gasteiger partial charge in [-0.2, -0.15) is 0 Å². The molecular formula is C12H10O5. The van der Waals surface area contributed by atoms with Gasteiger partial charge < -0.3 is 14.3 Å². The number of methoxy groups -OCH3 is 1. The third-order valence-corrected chi connectivity index (χ3v) is 2.26. The molecule has 0 atom stereocenters. The van der Waals surface area contributed by atoms with Crippen LogP contribution in [0.3, 0.4) is 0 Å². The molecule has 2 rings (SSSR count). The predicted molar refractivity (Wildman–Crippen MR) is 60.4 cm³/mol. The van der Waals surface area contributed by atoms with Gasteiger partial charge in [0.05, 0.1) is 17.6 Å². The van der Waals surface area contributed by atoms with E-state index in [0.29, 0.717) is 10.9 Å². The standard InChI is InChI=1S/C12H10O5/c1-16-8-2-3-9-7(4-11(13)14)5-12(15)17-10(9)6-8/h2-3,5-6H,4H2,1H3,(H,13,14)/i1D3. The highest BCUT2D eigenvalue weighted by molar-refractivity contribution is 5.85. The van der Waals surface area contributed by atoms with Crippen LogP contribution in [0.1, 0.15) is 9.68 Å². The third kappa shape index (κ3) is 2.28. The fraction of sp³-hybridized carbons (Fsp3) is 0.167. The van der Waals surface area contributed by atoms with Crippen molar-refractivity contribution in [3.8, 4) is 5.75 Å². The van der Waals surface area contributed by atoms with Gasteiger partial charge in [-0.25, -0.2) is 4.79 Å². The number of carboxylic acids is 1. The predicted octanol–water partition coefficient (Wildman–Crippen LogP) is 1.43. The number of benzene rings is 1. The molecule has 0 aliphatic rings. The quantitative estimate of drug-likeness (QED) is 0.817. The summed E-state index contributed by atoms with van der Waals surface area (Å²) in [7, 11) is -2.62. The van der Waals surface area contributed by atoms with Crippen LogP contribution in [0, 0.1) is 0 Å². The first-order valence-corrected chi connectivity index (χ1v) is 4.72. The Labute approximate surface area is 100 Å². The van der Waals surface area contributed by atoms with Gasteiger partial charge in [0.1, 0.15) is 11.3 Å². The van der Waals surface area contributed by atoms with Crippen LogP contribution in [0.25, 0.3) is 11.0 Å². The van der Waals surface area contributed by atoms with E-state index in [1.54, 1.807) is 0 Å². The van der Waals surface area contributed by atoms with Gasteiger partial charge in [0, 0.05) is 17.5 Å². The molecule has 0 fully saturated rings. The average Bonchev–Trinajstić information content (AvgIpc) is 2.24. The smallest absolute Gasteiger partial charge is 0.336 e. The fourth-order valence-corrected chi connectivity index (χ4v) is 1.58. The van der Waals surface area contributed by atoms with Crippen molar-refractivity contribution in [3.63, 3.8) is 0 Å². The molecule has 1 aromatic carbocycles. The van der Waals surface area contributed by atoms with Crippen LogP contribution < -0.4 is 10.4 Å². The zero-order valence-electron chi connectivity index (χ0n) is 11.6. The maximum absolute atomic E-state index is 11.4. The summed E-state index contributed by atoms with van der Waals surface area (Å²) < 4.78 is 30.6. The zero-order valence-corrected chi connectivity index (χ0v) is 8.60. The Balaban J connectivity index is 2.53. The molecule has 1 N–H and O–H groups in total. The summed E-state index contributed by atoms with van der Waals surface area (Å²) in [6.45, 7) is 0.